The fraction of sp³-hybridized carbons (Fsp3) is 0.0938. The molecule has 0 aromatic heterocycles. The maximum Gasteiger partial charge on any atom is 0.338 e. The number of benzene rings is 5. The molecule has 0 atom stereocenters. The van der Waals surface area contributed by atoms with E-state index in [0.29, 0.717) is 11.3 Å². The molecule has 0 spiro atoms. The van der Waals surface area contributed by atoms with E-state index in [2.05, 4.69) is 54.6 Å². The van der Waals surface area contributed by atoms with Crippen LogP contribution in [0.25, 0.3) is 27.6 Å². The van der Waals surface area contributed by atoms with Crippen molar-refractivity contribution in [1.29, 1.82) is 0 Å². The molecule has 35 heavy (non-hydrogen) atoms. The van der Waals surface area contributed by atoms with Crippen LogP contribution in [0, 0.1) is 6.92 Å². The van der Waals surface area contributed by atoms with Gasteiger partial charge in [-0.25, -0.2) is 4.79 Å². The lowest BCUT2D eigenvalue weighted by Crippen LogP contribution is -2.34. The highest BCUT2D eigenvalue weighted by Crippen LogP contribution is 2.48. The summed E-state index contributed by atoms with van der Waals surface area (Å²) in [6, 6.07) is 32.9. The van der Waals surface area contributed by atoms with Gasteiger partial charge in [-0.3, -0.25) is 0 Å². The molecular formula is C32H24O3. The smallest absolute Gasteiger partial charge is 0.338 e. The fourth-order valence-electron chi connectivity index (χ4n) is 5.33. The average Bonchev–Trinajstić information content (AvgIpc) is 2.93. The Morgan fingerprint density at radius 2 is 1.40 bits per heavy atom. The second-order valence-corrected chi connectivity index (χ2v) is 8.85. The summed E-state index contributed by atoms with van der Waals surface area (Å²) in [4.78, 5) is 13.1. The summed E-state index contributed by atoms with van der Waals surface area (Å²) in [6.07, 6.45) is 4.07. The average molecular weight is 457 g/mol. The van der Waals surface area contributed by atoms with Gasteiger partial charge in [-0.2, -0.15) is 0 Å². The van der Waals surface area contributed by atoms with E-state index in [9.17, 15) is 4.79 Å². The van der Waals surface area contributed by atoms with Crippen molar-refractivity contribution in [3.63, 3.8) is 0 Å². The Balaban J connectivity index is 1.73. The topological polar surface area (TPSA) is 35.5 Å². The van der Waals surface area contributed by atoms with Crippen LogP contribution in [0.15, 0.2) is 103 Å². The summed E-state index contributed by atoms with van der Waals surface area (Å²) in [6.45, 7) is 1.99. The van der Waals surface area contributed by atoms with Crippen LogP contribution < -0.4 is 4.74 Å². The summed E-state index contributed by atoms with van der Waals surface area (Å²) < 4.78 is 12.3. The summed E-state index contributed by atoms with van der Waals surface area (Å²) >= 11 is 0. The molecule has 0 aliphatic carbocycles. The minimum absolute atomic E-state index is 0.367. The van der Waals surface area contributed by atoms with Crippen molar-refractivity contribution >= 4 is 33.6 Å². The van der Waals surface area contributed by atoms with Gasteiger partial charge < -0.3 is 9.47 Å². The summed E-state index contributed by atoms with van der Waals surface area (Å²) in [5.41, 5.74) is 3.38. The predicted octanol–water partition coefficient (Wildman–Crippen LogP) is 7.44. The van der Waals surface area contributed by atoms with E-state index in [1.165, 1.54) is 7.11 Å². The lowest BCUT2D eigenvalue weighted by molar-refractivity contribution is 0.0598. The Bertz CT molecular complexity index is 1580. The van der Waals surface area contributed by atoms with E-state index in [-0.39, 0.29) is 5.97 Å². The van der Waals surface area contributed by atoms with Gasteiger partial charge in [0.2, 0.25) is 0 Å². The number of carbonyl (C=O) groups is 1. The third kappa shape index (κ3) is 3.16. The third-order valence-electron chi connectivity index (χ3n) is 6.98. The second kappa shape index (κ2) is 8.14. The molecule has 0 unspecified atom stereocenters. The number of rotatable bonds is 3. The number of methoxy groups -OCH3 is 1. The van der Waals surface area contributed by atoms with Crippen molar-refractivity contribution < 1.29 is 14.3 Å². The number of hydrogen-bond acceptors (Lipinski definition) is 3. The summed E-state index contributed by atoms with van der Waals surface area (Å²) in [5.74, 6) is 0.320. The van der Waals surface area contributed by atoms with Crippen LogP contribution in [-0.2, 0) is 10.3 Å². The number of carbonyl (C=O) groups excluding carboxylic acids is 1. The first-order valence-corrected chi connectivity index (χ1v) is 11.7. The molecule has 3 nitrogen and oxygen atoms in total. The molecule has 0 saturated carbocycles. The first-order valence-electron chi connectivity index (χ1n) is 11.7. The van der Waals surface area contributed by atoms with E-state index in [4.69, 9.17) is 9.47 Å². The minimum Gasteiger partial charge on any atom is -0.472 e. The van der Waals surface area contributed by atoms with Crippen molar-refractivity contribution in [2.75, 3.05) is 7.11 Å². The van der Waals surface area contributed by atoms with E-state index in [1.807, 2.05) is 61.5 Å². The Morgan fingerprint density at radius 1 is 0.771 bits per heavy atom. The zero-order valence-electron chi connectivity index (χ0n) is 19.6. The Kier molecular flexibility index (Phi) is 4.93. The third-order valence-corrected chi connectivity index (χ3v) is 6.98. The first-order chi connectivity index (χ1) is 17.1. The van der Waals surface area contributed by atoms with Crippen LogP contribution in [0.5, 0.6) is 5.75 Å². The van der Waals surface area contributed by atoms with Gasteiger partial charge in [0.25, 0.3) is 0 Å². The Labute approximate surface area is 204 Å². The van der Waals surface area contributed by atoms with Gasteiger partial charge >= 0.3 is 5.97 Å². The molecule has 1 aliphatic heterocycles. The van der Waals surface area contributed by atoms with E-state index < -0.39 is 5.60 Å². The zero-order chi connectivity index (χ0) is 24.0. The highest BCUT2D eigenvalue weighted by molar-refractivity contribution is 6.16. The van der Waals surface area contributed by atoms with Gasteiger partial charge in [-0.05, 0) is 46.9 Å². The molecule has 0 bridgehead atoms. The monoisotopic (exact) mass is 456 g/mol. The zero-order valence-corrected chi connectivity index (χ0v) is 19.6. The molecule has 6 rings (SSSR count). The lowest BCUT2D eigenvalue weighted by atomic mass is 9.81. The predicted molar refractivity (Wildman–Crippen MR) is 141 cm³/mol. The molecule has 0 radical (unpaired) electrons. The van der Waals surface area contributed by atoms with E-state index in [1.54, 1.807) is 0 Å². The van der Waals surface area contributed by atoms with Gasteiger partial charge in [-0.15, -0.1) is 0 Å². The molecule has 170 valence electrons. The quantitative estimate of drug-likeness (QED) is 0.209. The molecule has 3 heteroatoms. The second-order valence-electron chi connectivity index (χ2n) is 8.85. The van der Waals surface area contributed by atoms with E-state index in [0.717, 1.165) is 43.8 Å². The maximum absolute atomic E-state index is 13.1. The van der Waals surface area contributed by atoms with Gasteiger partial charge in [0.15, 0.2) is 5.60 Å². The Morgan fingerprint density at radius 3 is 2.06 bits per heavy atom. The van der Waals surface area contributed by atoms with Crippen LogP contribution in [0.3, 0.4) is 0 Å². The van der Waals surface area contributed by atoms with Gasteiger partial charge in [0, 0.05) is 22.1 Å². The van der Waals surface area contributed by atoms with Gasteiger partial charge in [0.05, 0.1) is 12.7 Å². The number of aryl methyl sites for hydroxylation is 1. The van der Waals surface area contributed by atoms with Crippen molar-refractivity contribution in [1.82, 2.24) is 0 Å². The molecule has 0 N–H and O–H groups in total. The van der Waals surface area contributed by atoms with Crippen LogP contribution >= 0.6 is 0 Å². The van der Waals surface area contributed by atoms with Crippen molar-refractivity contribution in [2.24, 2.45) is 0 Å². The first kappa shape index (κ1) is 21.2. The molecular weight excluding hydrogens is 432 g/mol. The standard InChI is InChI=1S/C32H24O3/c1-21-28-25-16-10-9-11-22(25)17-18-26(28)30-27(29(21)31(33)34-2)19-20-32(35-30,23-12-5-3-6-13-23)24-14-7-4-8-15-24/h3-20H,1-2H3. The van der Waals surface area contributed by atoms with Gasteiger partial charge in [0.1, 0.15) is 5.75 Å². The maximum atomic E-state index is 13.1. The Hall–Kier alpha value is -4.37. The highest BCUT2D eigenvalue weighted by Gasteiger charge is 2.39. The molecule has 0 saturated heterocycles. The van der Waals surface area contributed by atoms with Crippen molar-refractivity contribution in [3.05, 3.63) is 131 Å². The molecule has 1 heterocycles. The minimum atomic E-state index is -0.837. The van der Waals surface area contributed by atoms with Crippen molar-refractivity contribution in [2.45, 2.75) is 12.5 Å². The van der Waals surface area contributed by atoms with Crippen LogP contribution in [0.2, 0.25) is 0 Å². The van der Waals surface area contributed by atoms with Crippen LogP contribution in [0.4, 0.5) is 0 Å². The molecule has 0 fully saturated rings. The highest BCUT2D eigenvalue weighted by atomic mass is 16.5. The van der Waals surface area contributed by atoms with Crippen molar-refractivity contribution in [3.8, 4) is 5.75 Å². The number of esters is 1. The molecule has 1 aliphatic rings. The van der Waals surface area contributed by atoms with E-state index >= 15 is 0 Å². The summed E-state index contributed by atoms with van der Waals surface area (Å²) in [7, 11) is 1.42. The SMILES string of the molecule is COC(=O)c1c2c(c3ccc4ccccc4c3c1C)OC(c1ccccc1)(c1ccccc1)C=C2. The number of hydrogen-bond donors (Lipinski definition) is 0. The molecule has 0 amide bonds. The number of ether oxygens (including phenoxy) is 2. The van der Waals surface area contributed by atoms with Gasteiger partial charge in [-0.1, -0.05) is 91.0 Å². The lowest BCUT2D eigenvalue weighted by Gasteiger charge is -2.37. The summed E-state index contributed by atoms with van der Waals surface area (Å²) in [5, 5.41) is 4.18. The fourth-order valence-corrected chi connectivity index (χ4v) is 5.33. The van der Waals surface area contributed by atoms with Crippen LogP contribution in [-0.4, -0.2) is 13.1 Å². The molecule has 5 aromatic carbocycles. The number of fused-ring (bicyclic) bond motifs is 5. The largest absolute Gasteiger partial charge is 0.472 e. The van der Waals surface area contributed by atoms with Crippen LogP contribution in [0.1, 0.15) is 32.6 Å². The molecule has 5 aromatic rings. The normalized spacial score (nSPS) is 13.9.